The summed E-state index contributed by atoms with van der Waals surface area (Å²) in [5.41, 5.74) is 0.333. The monoisotopic (exact) mass is 259 g/mol. The quantitative estimate of drug-likeness (QED) is 0.906. The number of aromatic nitrogens is 1. The molecular formula is C16H21NO2. The molecule has 0 saturated heterocycles. The second kappa shape index (κ2) is 4.12. The first kappa shape index (κ1) is 11.6. The van der Waals surface area contributed by atoms with E-state index in [1.54, 1.807) is 12.3 Å². The Hall–Kier alpha value is -1.25. The zero-order valence-corrected chi connectivity index (χ0v) is 11.2. The molecule has 0 spiro atoms. The minimum absolute atomic E-state index is 0.0805. The summed E-state index contributed by atoms with van der Waals surface area (Å²) in [4.78, 5) is 13.9. The van der Waals surface area contributed by atoms with Gasteiger partial charge in [0.05, 0.1) is 6.61 Å². The number of hydrogen-bond donors (Lipinski definition) is 1. The first-order chi connectivity index (χ1) is 9.21. The second-order valence-corrected chi connectivity index (χ2v) is 7.09. The van der Waals surface area contributed by atoms with Crippen molar-refractivity contribution in [3.8, 4) is 5.75 Å². The zero-order valence-electron chi connectivity index (χ0n) is 11.2. The van der Waals surface area contributed by atoms with Crippen molar-refractivity contribution in [3.63, 3.8) is 0 Å². The Balaban J connectivity index is 1.49. The molecule has 5 rings (SSSR count). The summed E-state index contributed by atoms with van der Waals surface area (Å²) in [6, 6.07) is 3.41. The van der Waals surface area contributed by atoms with E-state index >= 15 is 0 Å². The van der Waals surface area contributed by atoms with Gasteiger partial charge in [0.1, 0.15) is 5.75 Å². The van der Waals surface area contributed by atoms with Crippen molar-refractivity contribution in [1.29, 1.82) is 0 Å². The molecule has 1 N–H and O–H groups in total. The van der Waals surface area contributed by atoms with Crippen LogP contribution >= 0.6 is 0 Å². The van der Waals surface area contributed by atoms with E-state index in [1.165, 1.54) is 38.5 Å². The number of hydrogen-bond acceptors (Lipinski definition) is 2. The van der Waals surface area contributed by atoms with Gasteiger partial charge in [0.15, 0.2) is 0 Å². The van der Waals surface area contributed by atoms with Gasteiger partial charge in [0.25, 0.3) is 5.56 Å². The van der Waals surface area contributed by atoms with E-state index in [9.17, 15) is 4.79 Å². The van der Waals surface area contributed by atoms with Crippen LogP contribution in [0, 0.1) is 23.2 Å². The summed E-state index contributed by atoms with van der Waals surface area (Å²) >= 11 is 0. The van der Waals surface area contributed by atoms with Crippen LogP contribution in [0.3, 0.4) is 0 Å². The number of rotatable bonds is 3. The summed E-state index contributed by atoms with van der Waals surface area (Å²) in [7, 11) is 0. The van der Waals surface area contributed by atoms with Gasteiger partial charge in [-0.3, -0.25) is 4.79 Å². The molecule has 4 aliphatic rings. The molecule has 4 fully saturated rings. The largest absolute Gasteiger partial charge is 0.493 e. The highest BCUT2D eigenvalue weighted by Crippen LogP contribution is 2.59. The molecule has 0 aliphatic heterocycles. The lowest BCUT2D eigenvalue weighted by atomic mass is 9.50. The molecule has 19 heavy (non-hydrogen) atoms. The molecule has 102 valence electrons. The summed E-state index contributed by atoms with van der Waals surface area (Å²) in [5.74, 6) is 3.58. The van der Waals surface area contributed by atoms with Crippen LogP contribution in [0.25, 0.3) is 0 Å². The smallest absolute Gasteiger partial charge is 0.251 e. The van der Waals surface area contributed by atoms with E-state index < -0.39 is 0 Å². The minimum atomic E-state index is -0.0805. The molecule has 0 aromatic carbocycles. The van der Waals surface area contributed by atoms with Crippen molar-refractivity contribution < 1.29 is 4.74 Å². The summed E-state index contributed by atoms with van der Waals surface area (Å²) in [6.45, 7) is 0.806. The zero-order chi connectivity index (χ0) is 12.9. The van der Waals surface area contributed by atoms with Gasteiger partial charge < -0.3 is 9.72 Å². The standard InChI is InChI=1S/C16H21NO2/c18-15-6-14(1-2-17-15)19-10-16-7-11-3-12(8-16)5-13(4-11)9-16/h1-2,6,11-13H,3-5,7-10H2,(H,17,18). The average Bonchev–Trinajstić information content (AvgIpc) is 2.35. The Morgan fingerprint density at radius 3 is 2.37 bits per heavy atom. The molecule has 1 heterocycles. The first-order valence-corrected chi connectivity index (χ1v) is 7.52. The topological polar surface area (TPSA) is 42.1 Å². The third kappa shape index (κ3) is 2.09. The average molecular weight is 259 g/mol. The maximum atomic E-state index is 11.3. The fourth-order valence-electron chi connectivity index (χ4n) is 5.22. The van der Waals surface area contributed by atoms with E-state index in [4.69, 9.17) is 4.74 Å². The maximum absolute atomic E-state index is 11.3. The second-order valence-electron chi connectivity index (χ2n) is 7.09. The van der Waals surface area contributed by atoms with Gasteiger partial charge in [-0.15, -0.1) is 0 Å². The molecule has 1 aromatic heterocycles. The summed E-state index contributed by atoms with van der Waals surface area (Å²) in [5, 5.41) is 0. The first-order valence-electron chi connectivity index (χ1n) is 7.52. The fourth-order valence-corrected chi connectivity index (χ4v) is 5.22. The Bertz CT molecular complexity index is 498. The number of ether oxygens (including phenoxy) is 1. The molecule has 4 bridgehead atoms. The van der Waals surface area contributed by atoms with E-state index in [2.05, 4.69) is 4.98 Å². The van der Waals surface area contributed by atoms with Crippen LogP contribution in [0.2, 0.25) is 0 Å². The highest BCUT2D eigenvalue weighted by atomic mass is 16.5. The highest BCUT2D eigenvalue weighted by Gasteiger charge is 2.51. The van der Waals surface area contributed by atoms with Crippen LogP contribution < -0.4 is 10.3 Å². The van der Waals surface area contributed by atoms with Crippen molar-refractivity contribution in [2.24, 2.45) is 23.2 Å². The summed E-state index contributed by atoms with van der Waals surface area (Å²) in [6.07, 6.45) is 10.1. The highest BCUT2D eigenvalue weighted by molar-refractivity contribution is 5.17. The Morgan fingerprint density at radius 1 is 1.16 bits per heavy atom. The molecule has 3 heteroatoms. The number of pyridine rings is 1. The predicted molar refractivity (Wildman–Crippen MR) is 73.2 cm³/mol. The lowest BCUT2D eigenvalue weighted by Crippen LogP contribution is -2.48. The molecule has 0 unspecified atom stereocenters. The Kier molecular flexibility index (Phi) is 2.51. The van der Waals surface area contributed by atoms with Crippen LogP contribution in [-0.2, 0) is 0 Å². The minimum Gasteiger partial charge on any atom is -0.493 e. The van der Waals surface area contributed by atoms with Gasteiger partial charge in [0, 0.05) is 17.7 Å². The van der Waals surface area contributed by atoms with Crippen molar-refractivity contribution in [1.82, 2.24) is 4.98 Å². The van der Waals surface area contributed by atoms with Crippen LogP contribution in [-0.4, -0.2) is 11.6 Å². The van der Waals surface area contributed by atoms with Crippen molar-refractivity contribution in [3.05, 3.63) is 28.7 Å². The van der Waals surface area contributed by atoms with Gasteiger partial charge in [-0.2, -0.15) is 0 Å². The van der Waals surface area contributed by atoms with Crippen molar-refractivity contribution in [2.45, 2.75) is 38.5 Å². The Morgan fingerprint density at radius 2 is 1.79 bits per heavy atom. The number of aromatic amines is 1. The fraction of sp³-hybridized carbons (Fsp3) is 0.688. The van der Waals surface area contributed by atoms with Crippen LogP contribution in [0.5, 0.6) is 5.75 Å². The van der Waals surface area contributed by atoms with E-state index in [0.29, 0.717) is 5.41 Å². The third-order valence-electron chi connectivity index (χ3n) is 5.46. The maximum Gasteiger partial charge on any atom is 0.251 e. The van der Waals surface area contributed by atoms with Crippen LogP contribution in [0.1, 0.15) is 38.5 Å². The molecule has 4 saturated carbocycles. The SMILES string of the molecule is O=c1cc(OCC23CC4CC(CC(C4)C2)C3)cc[nH]1. The lowest BCUT2D eigenvalue weighted by molar-refractivity contribution is -0.0745. The Labute approximate surface area is 113 Å². The predicted octanol–water partition coefficient (Wildman–Crippen LogP) is 2.97. The van der Waals surface area contributed by atoms with Crippen molar-refractivity contribution >= 4 is 0 Å². The van der Waals surface area contributed by atoms with Gasteiger partial charge in [-0.05, 0) is 62.3 Å². The van der Waals surface area contributed by atoms with E-state index in [0.717, 1.165) is 30.1 Å². The molecule has 3 nitrogen and oxygen atoms in total. The lowest BCUT2D eigenvalue weighted by Gasteiger charge is -2.56. The molecule has 4 aliphatic carbocycles. The van der Waals surface area contributed by atoms with Gasteiger partial charge >= 0.3 is 0 Å². The third-order valence-corrected chi connectivity index (χ3v) is 5.46. The molecule has 0 atom stereocenters. The molecule has 1 aromatic rings. The summed E-state index contributed by atoms with van der Waals surface area (Å²) < 4.78 is 5.95. The number of nitrogens with one attached hydrogen (secondary N) is 1. The van der Waals surface area contributed by atoms with E-state index in [1.807, 2.05) is 6.07 Å². The van der Waals surface area contributed by atoms with E-state index in [-0.39, 0.29) is 5.56 Å². The normalized spacial score (nSPS) is 39.5. The van der Waals surface area contributed by atoms with Crippen LogP contribution in [0.4, 0.5) is 0 Å². The van der Waals surface area contributed by atoms with Crippen molar-refractivity contribution in [2.75, 3.05) is 6.61 Å². The molecule has 0 amide bonds. The van der Waals surface area contributed by atoms with Gasteiger partial charge in [0.2, 0.25) is 0 Å². The van der Waals surface area contributed by atoms with Crippen LogP contribution in [0.15, 0.2) is 23.1 Å². The molecule has 0 radical (unpaired) electrons. The van der Waals surface area contributed by atoms with Gasteiger partial charge in [-0.25, -0.2) is 0 Å². The van der Waals surface area contributed by atoms with Gasteiger partial charge in [-0.1, -0.05) is 0 Å². The molecular weight excluding hydrogens is 238 g/mol. The number of H-pyrrole nitrogens is 1.